The van der Waals surface area contributed by atoms with E-state index in [0.29, 0.717) is 12.8 Å². The number of hydrogen-bond donors (Lipinski definition) is 5. The zero-order valence-corrected chi connectivity index (χ0v) is 25.3. The van der Waals surface area contributed by atoms with Crippen LogP contribution in [0, 0.1) is 17.8 Å². The van der Waals surface area contributed by atoms with Crippen molar-refractivity contribution in [1.82, 2.24) is 16.1 Å². The number of hydroxylamine groups is 1. The molecule has 3 aromatic carbocycles. The summed E-state index contributed by atoms with van der Waals surface area (Å²) in [5.41, 5.74) is 3.38. The van der Waals surface area contributed by atoms with Crippen LogP contribution < -0.4 is 16.1 Å². The molecule has 3 unspecified atom stereocenters. The van der Waals surface area contributed by atoms with Gasteiger partial charge in [-0.3, -0.25) is 24.1 Å². The zero-order valence-electron chi connectivity index (χ0n) is 24.5. The van der Waals surface area contributed by atoms with Gasteiger partial charge in [-0.15, -0.1) is 0 Å². The van der Waals surface area contributed by atoms with E-state index in [-0.39, 0.29) is 31.7 Å². The van der Waals surface area contributed by atoms with Gasteiger partial charge in [0.05, 0.1) is 17.6 Å². The fraction of sp³-hybridized carbons (Fsp3) is 0.406. The minimum Gasteiger partial charge on any atom is -0.354 e. The van der Waals surface area contributed by atoms with Crippen molar-refractivity contribution in [3.63, 3.8) is 0 Å². The summed E-state index contributed by atoms with van der Waals surface area (Å²) in [6.45, 7) is 4.03. The molecule has 0 bridgehead atoms. The number of rotatable bonds is 16. The van der Waals surface area contributed by atoms with Crippen molar-refractivity contribution in [3.05, 3.63) is 83.9 Å². The molecule has 232 valence electrons. The van der Waals surface area contributed by atoms with Gasteiger partial charge in [-0.25, -0.2) is 5.48 Å². The fourth-order valence-electron chi connectivity index (χ4n) is 5.16. The van der Waals surface area contributed by atoms with Gasteiger partial charge < -0.3 is 10.6 Å². The van der Waals surface area contributed by atoms with E-state index in [0.717, 1.165) is 21.9 Å². The third-order valence-corrected chi connectivity index (χ3v) is 8.11. The summed E-state index contributed by atoms with van der Waals surface area (Å²) >= 11 is 0. The molecule has 3 aromatic rings. The summed E-state index contributed by atoms with van der Waals surface area (Å²) in [7, 11) is -4.09. The Kier molecular flexibility index (Phi) is 12.7. The Morgan fingerprint density at radius 3 is 2.09 bits per heavy atom. The minimum absolute atomic E-state index is 0.0329. The summed E-state index contributed by atoms with van der Waals surface area (Å²) in [5.74, 6) is -3.75. The lowest BCUT2D eigenvalue weighted by molar-refractivity contribution is -0.141. The number of nitrogens with one attached hydrogen (secondary N) is 3. The molecule has 3 rings (SSSR count). The predicted molar refractivity (Wildman–Crippen MR) is 165 cm³/mol. The molecule has 3 atom stereocenters. The number of amides is 3. The van der Waals surface area contributed by atoms with Crippen molar-refractivity contribution in [1.29, 1.82) is 0 Å². The third-order valence-electron chi connectivity index (χ3n) is 7.31. The van der Waals surface area contributed by atoms with E-state index in [1.54, 1.807) is 5.48 Å². The van der Waals surface area contributed by atoms with Crippen molar-refractivity contribution >= 4 is 38.6 Å². The zero-order chi connectivity index (χ0) is 31.4. The van der Waals surface area contributed by atoms with E-state index in [9.17, 15) is 28.0 Å². The van der Waals surface area contributed by atoms with E-state index >= 15 is 0 Å². The predicted octanol–water partition coefficient (Wildman–Crippen LogP) is 3.68. The number of benzene rings is 3. The molecule has 0 saturated heterocycles. The summed E-state index contributed by atoms with van der Waals surface area (Å²) < 4.78 is 30.9. The highest BCUT2D eigenvalue weighted by Crippen LogP contribution is 2.27. The Balaban J connectivity index is 1.82. The van der Waals surface area contributed by atoms with E-state index < -0.39 is 51.5 Å². The van der Waals surface area contributed by atoms with Crippen LogP contribution in [0.5, 0.6) is 0 Å². The third kappa shape index (κ3) is 11.1. The first-order valence-electron chi connectivity index (χ1n) is 14.5. The number of carbonyl (C=O) groups excluding carboxylic acids is 3. The molecular weight excluding hydrogens is 570 g/mol. The molecule has 0 heterocycles. The van der Waals surface area contributed by atoms with Crippen LogP contribution in [0.1, 0.15) is 44.2 Å². The first-order chi connectivity index (χ1) is 20.5. The SMILES string of the molecule is CC(C)CC(C(=O)NC(Cc1ccccc1)C(=O)NCCCCS(=O)(=O)O)C(Cc1ccc2ccccc2c1)C(=O)NO. The van der Waals surface area contributed by atoms with Gasteiger partial charge in [0.2, 0.25) is 17.7 Å². The van der Waals surface area contributed by atoms with Gasteiger partial charge in [0.1, 0.15) is 6.04 Å². The number of unbranched alkanes of at least 4 members (excludes halogenated alkanes) is 1. The van der Waals surface area contributed by atoms with Crippen LogP contribution in [0.4, 0.5) is 0 Å². The second-order valence-electron chi connectivity index (χ2n) is 11.2. The average molecular weight is 612 g/mol. The average Bonchev–Trinajstić information content (AvgIpc) is 2.97. The van der Waals surface area contributed by atoms with Crippen molar-refractivity contribution in [2.24, 2.45) is 17.8 Å². The maximum atomic E-state index is 13.9. The van der Waals surface area contributed by atoms with Crippen molar-refractivity contribution in [3.8, 4) is 0 Å². The highest BCUT2D eigenvalue weighted by molar-refractivity contribution is 7.85. The van der Waals surface area contributed by atoms with Gasteiger partial charge in [-0.1, -0.05) is 86.6 Å². The molecule has 43 heavy (non-hydrogen) atoms. The van der Waals surface area contributed by atoms with Crippen LogP contribution in [-0.2, 0) is 37.3 Å². The van der Waals surface area contributed by atoms with Gasteiger partial charge in [-0.2, -0.15) is 8.42 Å². The van der Waals surface area contributed by atoms with Crippen LogP contribution in [0.2, 0.25) is 0 Å². The van der Waals surface area contributed by atoms with Crippen LogP contribution in [0.3, 0.4) is 0 Å². The molecule has 11 heteroatoms. The normalized spacial score (nSPS) is 13.7. The molecule has 0 radical (unpaired) electrons. The lowest BCUT2D eigenvalue weighted by atomic mass is 9.80. The van der Waals surface area contributed by atoms with Crippen molar-refractivity contribution < 1.29 is 32.6 Å². The molecule has 10 nitrogen and oxygen atoms in total. The Labute approximate surface area is 253 Å². The van der Waals surface area contributed by atoms with Crippen LogP contribution in [0.15, 0.2) is 72.8 Å². The monoisotopic (exact) mass is 611 g/mol. The van der Waals surface area contributed by atoms with Gasteiger partial charge in [-0.05, 0) is 53.5 Å². The van der Waals surface area contributed by atoms with Crippen LogP contribution in [0.25, 0.3) is 10.8 Å². The first kappa shape index (κ1) is 33.7. The molecule has 0 aliphatic carbocycles. The lowest BCUT2D eigenvalue weighted by Crippen LogP contribution is -2.52. The first-order valence-corrected chi connectivity index (χ1v) is 16.1. The molecule has 3 amide bonds. The van der Waals surface area contributed by atoms with E-state index in [1.807, 2.05) is 86.6 Å². The smallest absolute Gasteiger partial charge is 0.264 e. The lowest BCUT2D eigenvalue weighted by Gasteiger charge is -2.28. The molecule has 0 fully saturated rings. The Morgan fingerprint density at radius 1 is 0.767 bits per heavy atom. The van der Waals surface area contributed by atoms with Gasteiger partial charge in [0, 0.05) is 13.0 Å². The van der Waals surface area contributed by atoms with Gasteiger partial charge in [0.15, 0.2) is 0 Å². The molecule has 0 spiro atoms. The number of carbonyl (C=O) groups is 3. The Morgan fingerprint density at radius 2 is 1.44 bits per heavy atom. The van der Waals surface area contributed by atoms with Crippen molar-refractivity contribution in [2.45, 2.75) is 52.0 Å². The van der Waals surface area contributed by atoms with Crippen LogP contribution in [-0.4, -0.2) is 54.2 Å². The molecule has 5 N–H and O–H groups in total. The second-order valence-corrected chi connectivity index (χ2v) is 12.8. The molecule has 0 aliphatic rings. The summed E-state index contributed by atoms with van der Waals surface area (Å²) in [6.07, 6.45) is 1.22. The highest BCUT2D eigenvalue weighted by atomic mass is 32.2. The molecule has 0 saturated carbocycles. The van der Waals surface area contributed by atoms with E-state index in [4.69, 9.17) is 4.55 Å². The van der Waals surface area contributed by atoms with Gasteiger partial charge in [0.25, 0.3) is 10.1 Å². The topological polar surface area (TPSA) is 162 Å². The quantitative estimate of drug-likeness (QED) is 0.0714. The Hall–Kier alpha value is -3.80. The van der Waals surface area contributed by atoms with Crippen molar-refractivity contribution in [2.75, 3.05) is 12.3 Å². The van der Waals surface area contributed by atoms with E-state index in [2.05, 4.69) is 10.6 Å². The highest BCUT2D eigenvalue weighted by Gasteiger charge is 2.36. The molecular formula is C32H41N3O7S. The number of fused-ring (bicyclic) bond motifs is 1. The number of hydrogen-bond acceptors (Lipinski definition) is 6. The largest absolute Gasteiger partial charge is 0.354 e. The Bertz CT molecular complexity index is 1480. The fourth-order valence-corrected chi connectivity index (χ4v) is 5.73. The standard InChI is InChI=1S/C32H41N3O7S/c1-22(2)18-27(28(31(37)35-39)20-24-14-15-25-12-6-7-13-26(25)19-24)30(36)34-29(21-23-10-4-3-5-11-23)32(38)33-16-8-9-17-43(40,41)42/h3-7,10-15,19,22,27-29,39H,8-9,16-18,20-21H2,1-2H3,(H,33,38)(H,34,36)(H,35,37)(H,40,41,42). The maximum absolute atomic E-state index is 13.9. The summed E-state index contributed by atoms with van der Waals surface area (Å²) in [6, 6.07) is 21.8. The molecule has 0 aliphatic heterocycles. The van der Waals surface area contributed by atoms with E-state index in [1.165, 1.54) is 0 Å². The molecule has 0 aromatic heterocycles. The second kappa shape index (κ2) is 16.2. The maximum Gasteiger partial charge on any atom is 0.264 e. The van der Waals surface area contributed by atoms with Gasteiger partial charge >= 0.3 is 0 Å². The summed E-state index contributed by atoms with van der Waals surface area (Å²) in [4.78, 5) is 40.1. The minimum atomic E-state index is -4.09. The van der Waals surface area contributed by atoms with Crippen LogP contribution >= 0.6 is 0 Å². The summed E-state index contributed by atoms with van der Waals surface area (Å²) in [5, 5.41) is 17.3.